The average molecular weight is 391 g/mol. The number of carbonyl (C=O) groups is 1. The van der Waals surface area contributed by atoms with E-state index in [0.717, 1.165) is 22.4 Å². The van der Waals surface area contributed by atoms with Crippen LogP contribution >= 0.6 is 0 Å². The number of nitrogens with zero attached hydrogens (tertiary/aromatic N) is 4. The van der Waals surface area contributed by atoms with E-state index in [2.05, 4.69) is 10.00 Å². The van der Waals surface area contributed by atoms with E-state index in [1.54, 1.807) is 16.8 Å². The van der Waals surface area contributed by atoms with Crippen molar-refractivity contribution >= 4 is 30.7 Å². The van der Waals surface area contributed by atoms with Crippen molar-refractivity contribution in [3.05, 3.63) is 60.4 Å². The summed E-state index contributed by atoms with van der Waals surface area (Å²) in [6.45, 7) is 2.81. The van der Waals surface area contributed by atoms with Crippen LogP contribution in [-0.4, -0.2) is 54.6 Å². The third-order valence-corrected chi connectivity index (χ3v) is 5.38. The second-order valence-corrected chi connectivity index (χ2v) is 7.23. The van der Waals surface area contributed by atoms with Crippen molar-refractivity contribution < 1.29 is 9.18 Å². The van der Waals surface area contributed by atoms with E-state index >= 15 is 0 Å². The van der Waals surface area contributed by atoms with E-state index in [9.17, 15) is 9.18 Å². The summed E-state index contributed by atoms with van der Waals surface area (Å²) in [5.74, 6) is 0.215. The van der Waals surface area contributed by atoms with E-state index < -0.39 is 0 Å². The summed E-state index contributed by atoms with van der Waals surface area (Å²) in [7, 11) is 1.92. The van der Waals surface area contributed by atoms with Crippen LogP contribution in [0.2, 0.25) is 0 Å². The minimum atomic E-state index is -0.245. The smallest absolute Gasteiger partial charge is 0.244 e. The van der Waals surface area contributed by atoms with Crippen molar-refractivity contribution in [2.45, 2.75) is 6.54 Å². The van der Waals surface area contributed by atoms with Gasteiger partial charge in [0.15, 0.2) is 0 Å². The lowest BCUT2D eigenvalue weighted by molar-refractivity contribution is -0.132. The average Bonchev–Trinajstić information content (AvgIpc) is 3.02. The summed E-state index contributed by atoms with van der Waals surface area (Å²) in [5, 5.41) is 4.39. The molecule has 1 aliphatic heterocycles. The summed E-state index contributed by atoms with van der Waals surface area (Å²) in [6, 6.07) is 16.3. The van der Waals surface area contributed by atoms with Gasteiger partial charge in [0.1, 0.15) is 26.0 Å². The van der Waals surface area contributed by atoms with Crippen LogP contribution < -0.4 is 16.1 Å². The molecule has 1 aromatic heterocycles. The van der Waals surface area contributed by atoms with Gasteiger partial charge in [0.2, 0.25) is 5.91 Å². The Hall–Kier alpha value is -3.29. The molecule has 2 aromatic carbocycles. The molecular formula is C21H23BFN5O. The first-order chi connectivity index (χ1) is 14.0. The number of benzene rings is 2. The number of nitrogen functional groups attached to an aromatic ring is 1. The van der Waals surface area contributed by atoms with Crippen molar-refractivity contribution in [2.75, 3.05) is 36.8 Å². The maximum Gasteiger partial charge on any atom is 0.244 e. The van der Waals surface area contributed by atoms with Crippen LogP contribution in [-0.2, 0) is 11.3 Å². The Balaban J connectivity index is 1.44. The number of amides is 1. The normalized spacial score (nSPS) is 14.2. The van der Waals surface area contributed by atoms with Gasteiger partial charge in [-0.25, -0.2) is 4.39 Å². The Kier molecular flexibility index (Phi) is 5.25. The standard InChI is InChI=1S/C21H23BFN5O/c22-19-20(15-4-2-1-3-5-15)28(25-21(19)24)14-18(29)27-12-10-26(11-13-27)17-8-6-16(23)7-9-17/h1-9H,10-14,22H2,(H2,24,25). The molecule has 0 aliphatic carbocycles. The van der Waals surface area contributed by atoms with Crippen LogP contribution in [0.1, 0.15) is 0 Å². The molecule has 6 nitrogen and oxygen atoms in total. The molecule has 1 aliphatic rings. The fourth-order valence-electron chi connectivity index (χ4n) is 3.74. The van der Waals surface area contributed by atoms with E-state index in [1.807, 2.05) is 43.1 Å². The highest BCUT2D eigenvalue weighted by Crippen LogP contribution is 2.20. The summed E-state index contributed by atoms with van der Waals surface area (Å²) in [5.41, 5.74) is 9.75. The molecule has 0 radical (unpaired) electrons. The van der Waals surface area contributed by atoms with Crippen LogP contribution in [0.4, 0.5) is 15.9 Å². The predicted molar refractivity (Wildman–Crippen MR) is 115 cm³/mol. The maximum atomic E-state index is 13.1. The van der Waals surface area contributed by atoms with Crippen LogP contribution in [0, 0.1) is 5.82 Å². The molecule has 8 heteroatoms. The highest BCUT2D eigenvalue weighted by atomic mass is 19.1. The number of aromatic nitrogens is 2. The molecule has 1 saturated heterocycles. The van der Waals surface area contributed by atoms with Gasteiger partial charge in [0, 0.05) is 31.9 Å². The lowest BCUT2D eigenvalue weighted by Gasteiger charge is -2.36. The van der Waals surface area contributed by atoms with Crippen LogP contribution in [0.15, 0.2) is 54.6 Å². The number of hydrogen-bond donors (Lipinski definition) is 1. The van der Waals surface area contributed by atoms with Gasteiger partial charge in [-0.3, -0.25) is 9.48 Å². The Morgan fingerprint density at radius 2 is 1.69 bits per heavy atom. The Morgan fingerprint density at radius 3 is 2.34 bits per heavy atom. The predicted octanol–water partition coefficient (Wildman–Crippen LogP) is 0.879. The van der Waals surface area contributed by atoms with Gasteiger partial charge in [-0.2, -0.15) is 5.10 Å². The minimum Gasteiger partial charge on any atom is -0.383 e. The third-order valence-electron chi connectivity index (χ3n) is 5.38. The van der Waals surface area contributed by atoms with Gasteiger partial charge >= 0.3 is 0 Å². The van der Waals surface area contributed by atoms with Crippen LogP contribution in [0.25, 0.3) is 11.3 Å². The zero-order chi connectivity index (χ0) is 20.4. The van der Waals surface area contributed by atoms with Gasteiger partial charge in [0.25, 0.3) is 0 Å². The molecule has 0 unspecified atom stereocenters. The lowest BCUT2D eigenvalue weighted by Crippen LogP contribution is -2.49. The zero-order valence-electron chi connectivity index (χ0n) is 16.4. The molecule has 1 fully saturated rings. The molecule has 0 saturated carbocycles. The molecule has 3 aromatic rings. The number of hydrogen-bond acceptors (Lipinski definition) is 4. The summed E-state index contributed by atoms with van der Waals surface area (Å²) >= 11 is 0. The maximum absolute atomic E-state index is 13.1. The van der Waals surface area contributed by atoms with Crippen molar-refractivity contribution in [3.63, 3.8) is 0 Å². The van der Waals surface area contributed by atoms with E-state index in [-0.39, 0.29) is 18.3 Å². The monoisotopic (exact) mass is 391 g/mol. The molecule has 4 rings (SSSR count). The first-order valence-corrected chi connectivity index (χ1v) is 9.69. The molecule has 29 heavy (non-hydrogen) atoms. The lowest BCUT2D eigenvalue weighted by atomic mass is 9.92. The van der Waals surface area contributed by atoms with E-state index in [4.69, 9.17) is 5.73 Å². The topological polar surface area (TPSA) is 67.4 Å². The van der Waals surface area contributed by atoms with Gasteiger partial charge < -0.3 is 15.5 Å². The van der Waals surface area contributed by atoms with E-state index in [0.29, 0.717) is 32.0 Å². The fraction of sp³-hybridized carbons (Fsp3) is 0.238. The number of piperazine rings is 1. The Morgan fingerprint density at radius 1 is 1.03 bits per heavy atom. The molecule has 148 valence electrons. The van der Waals surface area contributed by atoms with Crippen molar-refractivity contribution in [3.8, 4) is 11.3 Å². The van der Waals surface area contributed by atoms with Gasteiger partial charge in [-0.1, -0.05) is 30.3 Å². The van der Waals surface area contributed by atoms with Crippen LogP contribution in [0.5, 0.6) is 0 Å². The SMILES string of the molecule is Bc1c(N)nn(CC(=O)N2CCN(c3ccc(F)cc3)CC2)c1-c1ccccc1. The van der Waals surface area contributed by atoms with Gasteiger partial charge in [-0.15, -0.1) is 0 Å². The third kappa shape index (κ3) is 3.96. The van der Waals surface area contributed by atoms with E-state index in [1.165, 1.54) is 12.1 Å². The van der Waals surface area contributed by atoms with Crippen molar-refractivity contribution in [2.24, 2.45) is 0 Å². The quantitative estimate of drug-likeness (QED) is 0.671. The molecule has 2 heterocycles. The van der Waals surface area contributed by atoms with Crippen molar-refractivity contribution in [1.82, 2.24) is 14.7 Å². The summed E-state index contributed by atoms with van der Waals surface area (Å²) < 4.78 is 14.8. The molecule has 0 spiro atoms. The summed E-state index contributed by atoms with van der Waals surface area (Å²) in [6.07, 6.45) is 0. The fourth-order valence-corrected chi connectivity index (χ4v) is 3.74. The summed E-state index contributed by atoms with van der Waals surface area (Å²) in [4.78, 5) is 16.9. The van der Waals surface area contributed by atoms with Gasteiger partial charge in [0.05, 0.1) is 5.69 Å². The highest BCUT2D eigenvalue weighted by molar-refractivity contribution is 6.38. The Bertz CT molecular complexity index is 998. The minimum absolute atomic E-state index is 0.0171. The molecular weight excluding hydrogens is 368 g/mol. The molecule has 2 N–H and O–H groups in total. The zero-order valence-corrected chi connectivity index (χ0v) is 16.4. The second kappa shape index (κ2) is 7.99. The van der Waals surface area contributed by atoms with Gasteiger partial charge in [-0.05, 0) is 35.3 Å². The number of carbonyl (C=O) groups excluding carboxylic acids is 1. The molecule has 0 bridgehead atoms. The number of nitrogens with two attached hydrogens (primary N) is 1. The number of rotatable bonds is 4. The molecule has 1 amide bonds. The molecule has 0 atom stereocenters. The highest BCUT2D eigenvalue weighted by Gasteiger charge is 2.23. The first kappa shape index (κ1) is 19.0. The number of halogens is 1. The van der Waals surface area contributed by atoms with Crippen LogP contribution in [0.3, 0.4) is 0 Å². The van der Waals surface area contributed by atoms with Crippen molar-refractivity contribution in [1.29, 1.82) is 0 Å². The number of anilines is 2. The second-order valence-electron chi connectivity index (χ2n) is 7.23. The first-order valence-electron chi connectivity index (χ1n) is 9.69. The largest absolute Gasteiger partial charge is 0.383 e. The Labute approximate surface area is 170 Å².